The van der Waals surface area contributed by atoms with Crippen LogP contribution < -0.4 is 4.90 Å². The highest BCUT2D eigenvalue weighted by Crippen LogP contribution is 2.32. The topological polar surface area (TPSA) is 44.6 Å². The maximum absolute atomic E-state index is 11.9. The van der Waals surface area contributed by atoms with Crippen molar-refractivity contribution >= 4 is 12.0 Å². The van der Waals surface area contributed by atoms with Crippen molar-refractivity contribution in [3.05, 3.63) is 71.5 Å². The Morgan fingerprint density at radius 2 is 1.69 bits per heavy atom. The number of nitrogens with zero attached hydrogens (tertiary/aromatic N) is 5. The highest BCUT2D eigenvalue weighted by Gasteiger charge is 2.27. The summed E-state index contributed by atoms with van der Waals surface area (Å²) in [5.41, 5.74) is 7.01. The van der Waals surface area contributed by atoms with Crippen molar-refractivity contribution in [1.82, 2.24) is 19.6 Å². The zero-order chi connectivity index (χ0) is 22.7. The summed E-state index contributed by atoms with van der Waals surface area (Å²) < 4.78 is 1.85. The fourth-order valence-corrected chi connectivity index (χ4v) is 4.59. The molecule has 1 saturated heterocycles. The van der Waals surface area contributed by atoms with Crippen LogP contribution in [0.2, 0.25) is 0 Å². The van der Waals surface area contributed by atoms with Gasteiger partial charge in [-0.3, -0.25) is 9.69 Å². The van der Waals surface area contributed by atoms with Crippen molar-refractivity contribution in [2.75, 3.05) is 45.2 Å². The van der Waals surface area contributed by atoms with Gasteiger partial charge in [0, 0.05) is 49.7 Å². The molecule has 168 valence electrons. The standard InChI is InChI=1S/C26H33N5O/c1-20-17-21(2)31(27-20)26(19-32)30-15-13-29(14-16-30)25-8-6-5-7-24(25)23-11-9-22(10-12-23)18-28(3)4/h5-12,17,19,26H,13-16,18H2,1-4H3. The molecular formula is C26H33N5O. The van der Waals surface area contributed by atoms with Crippen molar-refractivity contribution in [2.45, 2.75) is 26.6 Å². The molecule has 1 unspecified atom stereocenters. The predicted octanol–water partition coefficient (Wildman–Crippen LogP) is 3.75. The minimum absolute atomic E-state index is 0.342. The zero-order valence-corrected chi connectivity index (χ0v) is 19.5. The quantitative estimate of drug-likeness (QED) is 0.533. The van der Waals surface area contributed by atoms with E-state index in [0.717, 1.165) is 50.4 Å². The fourth-order valence-electron chi connectivity index (χ4n) is 4.59. The minimum Gasteiger partial charge on any atom is -0.368 e. The molecule has 0 aliphatic carbocycles. The SMILES string of the molecule is Cc1cc(C)n(C(C=O)N2CCN(c3ccccc3-c3ccc(CN(C)C)cc3)CC2)n1. The average molecular weight is 432 g/mol. The van der Waals surface area contributed by atoms with E-state index >= 15 is 0 Å². The first-order valence-corrected chi connectivity index (χ1v) is 11.3. The number of aryl methyl sites for hydroxylation is 2. The molecule has 0 saturated carbocycles. The Morgan fingerprint density at radius 3 is 2.28 bits per heavy atom. The van der Waals surface area contributed by atoms with Gasteiger partial charge in [-0.2, -0.15) is 5.10 Å². The van der Waals surface area contributed by atoms with Crippen molar-refractivity contribution in [2.24, 2.45) is 0 Å². The van der Waals surface area contributed by atoms with Gasteiger partial charge in [0.2, 0.25) is 0 Å². The summed E-state index contributed by atoms with van der Waals surface area (Å²) >= 11 is 0. The lowest BCUT2D eigenvalue weighted by molar-refractivity contribution is -0.116. The van der Waals surface area contributed by atoms with E-state index in [1.54, 1.807) is 0 Å². The van der Waals surface area contributed by atoms with Gasteiger partial charge in [-0.1, -0.05) is 42.5 Å². The van der Waals surface area contributed by atoms with Crippen LogP contribution in [0.5, 0.6) is 0 Å². The van der Waals surface area contributed by atoms with Gasteiger partial charge in [-0.15, -0.1) is 0 Å². The van der Waals surface area contributed by atoms with Crippen LogP contribution in [0.25, 0.3) is 11.1 Å². The normalized spacial score (nSPS) is 15.8. The third-order valence-electron chi connectivity index (χ3n) is 6.11. The van der Waals surface area contributed by atoms with E-state index in [0.29, 0.717) is 0 Å². The number of anilines is 1. The van der Waals surface area contributed by atoms with Crippen LogP contribution in [0.15, 0.2) is 54.6 Å². The van der Waals surface area contributed by atoms with E-state index in [4.69, 9.17) is 0 Å². The van der Waals surface area contributed by atoms with Gasteiger partial charge in [0.1, 0.15) is 0 Å². The monoisotopic (exact) mass is 431 g/mol. The molecule has 0 spiro atoms. The largest absolute Gasteiger partial charge is 0.368 e. The highest BCUT2D eigenvalue weighted by molar-refractivity contribution is 5.78. The Bertz CT molecular complexity index is 1050. The summed E-state index contributed by atoms with van der Waals surface area (Å²) in [7, 11) is 4.18. The molecule has 0 amide bonds. The van der Waals surface area contributed by atoms with Gasteiger partial charge in [-0.05, 0) is 51.2 Å². The maximum atomic E-state index is 11.9. The summed E-state index contributed by atoms with van der Waals surface area (Å²) in [5, 5.41) is 4.54. The molecule has 6 heteroatoms. The maximum Gasteiger partial charge on any atom is 0.160 e. The molecule has 2 aromatic carbocycles. The third-order valence-corrected chi connectivity index (χ3v) is 6.11. The van der Waals surface area contributed by atoms with E-state index in [1.807, 2.05) is 24.6 Å². The number of hydrogen-bond donors (Lipinski definition) is 0. The second kappa shape index (κ2) is 9.67. The lowest BCUT2D eigenvalue weighted by atomic mass is 10.0. The lowest BCUT2D eigenvalue weighted by Gasteiger charge is -2.39. The predicted molar refractivity (Wildman–Crippen MR) is 130 cm³/mol. The van der Waals surface area contributed by atoms with Gasteiger partial charge in [0.25, 0.3) is 0 Å². The van der Waals surface area contributed by atoms with Gasteiger partial charge in [0.05, 0.1) is 5.69 Å². The molecule has 3 aromatic rings. The van der Waals surface area contributed by atoms with Crippen LogP contribution in [0.3, 0.4) is 0 Å². The molecule has 1 aromatic heterocycles. The molecule has 6 nitrogen and oxygen atoms in total. The summed E-state index contributed by atoms with van der Waals surface area (Å²) in [6, 6.07) is 19.5. The average Bonchev–Trinajstić information content (AvgIpc) is 3.12. The van der Waals surface area contributed by atoms with E-state index < -0.39 is 0 Å². The highest BCUT2D eigenvalue weighted by atomic mass is 16.1. The smallest absolute Gasteiger partial charge is 0.160 e. The molecule has 1 fully saturated rings. The van der Waals surface area contributed by atoms with Crippen molar-refractivity contribution in [3.8, 4) is 11.1 Å². The molecule has 4 rings (SSSR count). The van der Waals surface area contributed by atoms with Gasteiger partial charge in [-0.25, -0.2) is 4.68 Å². The van der Waals surface area contributed by atoms with Crippen molar-refractivity contribution < 1.29 is 4.79 Å². The van der Waals surface area contributed by atoms with Crippen LogP contribution in [-0.2, 0) is 11.3 Å². The molecular weight excluding hydrogens is 398 g/mol. The van der Waals surface area contributed by atoms with Crippen molar-refractivity contribution in [3.63, 3.8) is 0 Å². The first kappa shape index (κ1) is 22.2. The summed E-state index contributed by atoms with van der Waals surface area (Å²) in [4.78, 5) is 18.8. The summed E-state index contributed by atoms with van der Waals surface area (Å²) in [6.45, 7) is 8.30. The van der Waals surface area contributed by atoms with Crippen LogP contribution in [0, 0.1) is 13.8 Å². The summed E-state index contributed by atoms with van der Waals surface area (Å²) in [5.74, 6) is 0. The second-order valence-electron chi connectivity index (χ2n) is 8.90. The van der Waals surface area contributed by atoms with Crippen LogP contribution in [-0.4, -0.2) is 66.1 Å². The Labute approximate surface area is 191 Å². The molecule has 0 bridgehead atoms. The Kier molecular flexibility index (Phi) is 6.72. The molecule has 1 aliphatic heterocycles. The first-order valence-electron chi connectivity index (χ1n) is 11.3. The van der Waals surface area contributed by atoms with Gasteiger partial charge < -0.3 is 9.80 Å². The minimum atomic E-state index is -0.342. The number of rotatable bonds is 7. The number of piperazine rings is 1. The van der Waals surface area contributed by atoms with Crippen LogP contribution >= 0.6 is 0 Å². The fraction of sp³-hybridized carbons (Fsp3) is 0.385. The number of carbonyl (C=O) groups excluding carboxylic acids is 1. The van der Waals surface area contributed by atoms with Crippen LogP contribution in [0.4, 0.5) is 5.69 Å². The molecule has 0 N–H and O–H groups in total. The van der Waals surface area contributed by atoms with Crippen molar-refractivity contribution in [1.29, 1.82) is 0 Å². The van der Waals surface area contributed by atoms with Gasteiger partial charge in [0.15, 0.2) is 12.5 Å². The number of benzene rings is 2. The third kappa shape index (κ3) is 4.76. The first-order chi connectivity index (χ1) is 15.5. The number of aromatic nitrogens is 2. The molecule has 1 atom stereocenters. The second-order valence-corrected chi connectivity index (χ2v) is 8.90. The number of hydrogen-bond acceptors (Lipinski definition) is 5. The van der Waals surface area contributed by atoms with E-state index in [1.165, 1.54) is 22.4 Å². The van der Waals surface area contributed by atoms with E-state index in [-0.39, 0.29) is 6.17 Å². The van der Waals surface area contributed by atoms with E-state index in [2.05, 4.69) is 82.4 Å². The zero-order valence-electron chi connectivity index (χ0n) is 19.5. The molecule has 2 heterocycles. The summed E-state index contributed by atoms with van der Waals surface area (Å²) in [6.07, 6.45) is 0.670. The number of carbonyl (C=O) groups is 1. The Hall–Kier alpha value is -2.96. The number of para-hydroxylation sites is 1. The van der Waals surface area contributed by atoms with E-state index in [9.17, 15) is 4.79 Å². The van der Waals surface area contributed by atoms with Crippen LogP contribution in [0.1, 0.15) is 23.1 Å². The Balaban J connectivity index is 1.49. The lowest BCUT2D eigenvalue weighted by Crippen LogP contribution is -2.49. The molecule has 0 radical (unpaired) electrons. The molecule has 32 heavy (non-hydrogen) atoms. The van der Waals surface area contributed by atoms with Gasteiger partial charge >= 0.3 is 0 Å². The Morgan fingerprint density at radius 1 is 1.00 bits per heavy atom. The molecule has 1 aliphatic rings. The number of aldehydes is 1.